The van der Waals surface area contributed by atoms with Gasteiger partial charge in [0, 0.05) is 29.8 Å². The van der Waals surface area contributed by atoms with Gasteiger partial charge in [-0.3, -0.25) is 9.10 Å². The topological polar surface area (TPSA) is 66.5 Å². The van der Waals surface area contributed by atoms with Crippen molar-refractivity contribution in [2.24, 2.45) is 0 Å². The van der Waals surface area contributed by atoms with Crippen LogP contribution in [0.25, 0.3) is 0 Å². The number of aryl methyl sites for hydroxylation is 1. The van der Waals surface area contributed by atoms with Crippen LogP contribution in [0.4, 0.5) is 5.69 Å². The van der Waals surface area contributed by atoms with E-state index in [-0.39, 0.29) is 5.91 Å². The number of hydrogen-bond acceptors (Lipinski definition) is 4. The van der Waals surface area contributed by atoms with Crippen molar-refractivity contribution in [3.8, 4) is 0 Å². The van der Waals surface area contributed by atoms with Crippen molar-refractivity contribution >= 4 is 33.4 Å². The molecule has 0 aromatic heterocycles. The van der Waals surface area contributed by atoms with Crippen molar-refractivity contribution in [1.82, 2.24) is 5.32 Å². The molecular formula is C19H24N2O3S2. The van der Waals surface area contributed by atoms with Gasteiger partial charge < -0.3 is 5.32 Å². The van der Waals surface area contributed by atoms with Gasteiger partial charge in [0.05, 0.1) is 11.9 Å². The molecule has 0 aliphatic rings. The Bertz CT molecular complexity index is 878. The average Bonchev–Trinajstić information content (AvgIpc) is 2.59. The molecule has 0 aliphatic heterocycles. The minimum Gasteiger partial charge on any atom is -0.351 e. The van der Waals surface area contributed by atoms with Gasteiger partial charge in [0.1, 0.15) is 0 Å². The van der Waals surface area contributed by atoms with Gasteiger partial charge in [-0.15, -0.1) is 11.8 Å². The molecule has 0 unspecified atom stereocenters. The van der Waals surface area contributed by atoms with Gasteiger partial charge >= 0.3 is 0 Å². The zero-order valence-corrected chi connectivity index (χ0v) is 17.1. The number of sulfonamides is 1. The SMILES string of the molecule is Cc1ccc(SCCNC(=O)c2cccc(N(C)S(C)(=O)=O)c2C)cc1. The minimum atomic E-state index is -3.38. The van der Waals surface area contributed by atoms with E-state index in [0.717, 1.165) is 16.9 Å². The van der Waals surface area contributed by atoms with Crippen LogP contribution in [-0.2, 0) is 10.0 Å². The molecule has 0 spiro atoms. The smallest absolute Gasteiger partial charge is 0.251 e. The maximum absolute atomic E-state index is 12.5. The van der Waals surface area contributed by atoms with Crippen molar-refractivity contribution in [3.05, 3.63) is 59.2 Å². The first kappa shape index (κ1) is 20.3. The van der Waals surface area contributed by atoms with Crippen molar-refractivity contribution in [1.29, 1.82) is 0 Å². The number of nitrogens with one attached hydrogen (secondary N) is 1. The quantitative estimate of drug-likeness (QED) is 0.580. The monoisotopic (exact) mass is 392 g/mol. The van der Waals surface area contributed by atoms with E-state index in [0.29, 0.717) is 23.4 Å². The number of anilines is 1. The Morgan fingerprint density at radius 3 is 2.38 bits per heavy atom. The van der Waals surface area contributed by atoms with Gasteiger partial charge in [-0.2, -0.15) is 0 Å². The molecule has 1 amide bonds. The molecule has 0 radical (unpaired) electrons. The summed E-state index contributed by atoms with van der Waals surface area (Å²) in [6.45, 7) is 4.34. The molecule has 0 aliphatic carbocycles. The highest BCUT2D eigenvalue weighted by Crippen LogP contribution is 2.24. The third-order valence-electron chi connectivity index (χ3n) is 4.06. The second-order valence-electron chi connectivity index (χ2n) is 6.10. The maximum atomic E-state index is 12.5. The van der Waals surface area contributed by atoms with Gasteiger partial charge in [0.15, 0.2) is 0 Å². The largest absolute Gasteiger partial charge is 0.351 e. The van der Waals surface area contributed by atoms with Gasteiger partial charge in [-0.25, -0.2) is 8.42 Å². The Morgan fingerprint density at radius 1 is 1.12 bits per heavy atom. The van der Waals surface area contributed by atoms with Crippen LogP contribution in [0.2, 0.25) is 0 Å². The molecular weight excluding hydrogens is 368 g/mol. The first-order chi connectivity index (χ1) is 12.2. The summed E-state index contributed by atoms with van der Waals surface area (Å²) < 4.78 is 24.7. The van der Waals surface area contributed by atoms with E-state index < -0.39 is 10.0 Å². The number of hydrogen-bond donors (Lipinski definition) is 1. The van der Waals surface area contributed by atoms with E-state index in [4.69, 9.17) is 0 Å². The number of benzene rings is 2. The molecule has 0 heterocycles. The van der Waals surface area contributed by atoms with Gasteiger partial charge in [-0.1, -0.05) is 23.8 Å². The summed E-state index contributed by atoms with van der Waals surface area (Å²) in [5.74, 6) is 0.562. The molecule has 26 heavy (non-hydrogen) atoms. The first-order valence-corrected chi connectivity index (χ1v) is 11.0. The van der Waals surface area contributed by atoms with Gasteiger partial charge in [0.2, 0.25) is 10.0 Å². The fourth-order valence-electron chi connectivity index (χ4n) is 2.45. The van der Waals surface area contributed by atoms with Crippen molar-refractivity contribution in [3.63, 3.8) is 0 Å². The lowest BCUT2D eigenvalue weighted by atomic mass is 10.1. The van der Waals surface area contributed by atoms with Gasteiger partial charge in [0.25, 0.3) is 5.91 Å². The van der Waals surface area contributed by atoms with E-state index >= 15 is 0 Å². The Hall–Kier alpha value is -1.99. The number of thioether (sulfide) groups is 1. The van der Waals surface area contributed by atoms with Crippen molar-refractivity contribution in [2.45, 2.75) is 18.7 Å². The average molecular weight is 393 g/mol. The fraction of sp³-hybridized carbons (Fsp3) is 0.316. The molecule has 2 rings (SSSR count). The number of carbonyl (C=O) groups is 1. The second-order valence-corrected chi connectivity index (χ2v) is 9.28. The number of amides is 1. The lowest BCUT2D eigenvalue weighted by Crippen LogP contribution is -2.29. The van der Waals surface area contributed by atoms with Crippen molar-refractivity contribution < 1.29 is 13.2 Å². The summed E-state index contributed by atoms with van der Waals surface area (Å²) in [5.41, 5.74) is 2.86. The van der Waals surface area contributed by atoms with E-state index in [2.05, 4.69) is 29.6 Å². The molecule has 5 nitrogen and oxygen atoms in total. The molecule has 7 heteroatoms. The third kappa shape index (κ3) is 5.25. The molecule has 140 valence electrons. The maximum Gasteiger partial charge on any atom is 0.251 e. The second kappa shape index (κ2) is 8.60. The van der Waals surface area contributed by atoms with Crippen LogP contribution in [0.5, 0.6) is 0 Å². The summed E-state index contributed by atoms with van der Waals surface area (Å²) in [6.07, 6.45) is 1.14. The number of nitrogens with zero attached hydrogens (tertiary/aromatic N) is 1. The minimum absolute atomic E-state index is 0.198. The molecule has 0 saturated carbocycles. The van der Waals surface area contributed by atoms with Crippen molar-refractivity contribution in [2.75, 3.05) is 29.9 Å². The summed E-state index contributed by atoms with van der Waals surface area (Å²) in [4.78, 5) is 13.6. The zero-order valence-electron chi connectivity index (χ0n) is 15.4. The predicted octanol–water partition coefficient (Wildman–Crippen LogP) is 3.22. The zero-order chi connectivity index (χ0) is 19.3. The lowest BCUT2D eigenvalue weighted by molar-refractivity contribution is 0.0955. The molecule has 1 N–H and O–H groups in total. The Labute approximate surface area is 159 Å². The lowest BCUT2D eigenvalue weighted by Gasteiger charge is -2.20. The summed E-state index contributed by atoms with van der Waals surface area (Å²) in [5, 5.41) is 2.90. The molecule has 2 aromatic carbocycles. The summed E-state index contributed by atoms with van der Waals surface area (Å²) >= 11 is 1.68. The number of rotatable bonds is 7. The Kier molecular flexibility index (Phi) is 6.72. The van der Waals surface area contributed by atoms with Crippen LogP contribution >= 0.6 is 11.8 Å². The van der Waals surface area contributed by atoms with Crippen LogP contribution < -0.4 is 9.62 Å². The van der Waals surface area contributed by atoms with Crippen LogP contribution in [0.3, 0.4) is 0 Å². The first-order valence-electron chi connectivity index (χ1n) is 8.21. The van der Waals surface area contributed by atoms with E-state index in [9.17, 15) is 13.2 Å². The standard InChI is InChI=1S/C19H24N2O3S2/c1-14-8-10-16(11-9-14)25-13-12-20-19(22)17-6-5-7-18(15(17)2)21(3)26(4,23)24/h5-11H,12-13H2,1-4H3,(H,20,22). The molecule has 0 fully saturated rings. The summed E-state index contributed by atoms with van der Waals surface area (Å²) in [7, 11) is -1.89. The van der Waals surface area contributed by atoms with E-state index in [1.54, 1.807) is 36.9 Å². The molecule has 0 atom stereocenters. The number of carbonyl (C=O) groups excluding carboxylic acids is 1. The highest BCUT2D eigenvalue weighted by molar-refractivity contribution is 7.99. The highest BCUT2D eigenvalue weighted by atomic mass is 32.2. The molecule has 0 bridgehead atoms. The third-order valence-corrected chi connectivity index (χ3v) is 6.27. The fourth-order valence-corrected chi connectivity index (χ4v) is 3.78. The Morgan fingerprint density at radius 2 is 1.77 bits per heavy atom. The molecule has 0 saturated heterocycles. The normalized spacial score (nSPS) is 11.2. The predicted molar refractivity (Wildman–Crippen MR) is 109 cm³/mol. The van der Waals surface area contributed by atoms with E-state index in [1.807, 2.05) is 6.92 Å². The van der Waals surface area contributed by atoms with Crippen LogP contribution in [0, 0.1) is 13.8 Å². The van der Waals surface area contributed by atoms with E-state index in [1.165, 1.54) is 16.9 Å². The molecule has 2 aromatic rings. The van der Waals surface area contributed by atoms with Crippen LogP contribution in [-0.4, -0.2) is 39.9 Å². The van der Waals surface area contributed by atoms with Crippen LogP contribution in [0.1, 0.15) is 21.5 Å². The van der Waals surface area contributed by atoms with Gasteiger partial charge in [-0.05, 0) is 43.7 Å². The Balaban J connectivity index is 1.98. The highest BCUT2D eigenvalue weighted by Gasteiger charge is 2.18. The van der Waals surface area contributed by atoms with Crippen LogP contribution in [0.15, 0.2) is 47.4 Å². The summed E-state index contributed by atoms with van der Waals surface area (Å²) in [6, 6.07) is 13.4.